The third-order valence-electron chi connectivity index (χ3n) is 2.69. The number of nitrogens with one attached hydrogen (secondary N) is 1. The van der Waals surface area contributed by atoms with Crippen molar-refractivity contribution in [3.8, 4) is 5.75 Å². The zero-order chi connectivity index (χ0) is 14.4. The number of Topliss-reactive ketones (excluding diaryl/α,β-unsaturated/α-hetero) is 1. The van der Waals surface area contributed by atoms with Crippen LogP contribution >= 0.6 is 0 Å². The van der Waals surface area contributed by atoms with Crippen molar-refractivity contribution in [2.75, 3.05) is 7.11 Å². The van der Waals surface area contributed by atoms with Gasteiger partial charge in [-0.05, 0) is 24.3 Å². The summed E-state index contributed by atoms with van der Waals surface area (Å²) >= 11 is 0. The first-order valence-corrected chi connectivity index (χ1v) is 6.07. The number of rotatable bonds is 5. The molecule has 2 rings (SSSR count). The lowest BCUT2D eigenvalue weighted by Gasteiger charge is -2.05. The van der Waals surface area contributed by atoms with E-state index in [0.29, 0.717) is 17.0 Å². The Morgan fingerprint density at radius 3 is 2.75 bits per heavy atom. The van der Waals surface area contributed by atoms with Crippen LogP contribution in [0.2, 0.25) is 0 Å². The normalized spacial score (nSPS) is 9.85. The van der Waals surface area contributed by atoms with Crippen LogP contribution in [0, 0.1) is 0 Å². The van der Waals surface area contributed by atoms with Crippen LogP contribution in [0.1, 0.15) is 16.1 Å². The maximum absolute atomic E-state index is 11.9. The fraction of sp³-hybridized carbons (Fsp3) is 0.133. The maximum atomic E-state index is 11.9. The van der Waals surface area contributed by atoms with Gasteiger partial charge in [-0.3, -0.25) is 14.6 Å². The van der Waals surface area contributed by atoms with Gasteiger partial charge in [-0.15, -0.1) is 0 Å². The monoisotopic (exact) mass is 270 g/mol. The Balaban J connectivity index is 2.00. The number of hydrogen-bond donors (Lipinski definition) is 1. The zero-order valence-corrected chi connectivity index (χ0v) is 11.0. The molecule has 0 aliphatic heterocycles. The quantitative estimate of drug-likeness (QED) is 0.661. The predicted octanol–water partition coefficient (Wildman–Crippen LogP) is 1.59. The van der Waals surface area contributed by atoms with E-state index >= 15 is 0 Å². The Hall–Kier alpha value is -2.69. The lowest BCUT2D eigenvalue weighted by molar-refractivity contribution is -0.117. The number of carbonyl (C=O) groups excluding carboxylic acids is 2. The number of nitrogens with zero attached hydrogens (tertiary/aromatic N) is 1. The van der Waals surface area contributed by atoms with Crippen LogP contribution in [0.3, 0.4) is 0 Å². The molecule has 0 atom stereocenters. The Morgan fingerprint density at radius 1 is 1.20 bits per heavy atom. The fourth-order valence-electron chi connectivity index (χ4n) is 1.65. The summed E-state index contributed by atoms with van der Waals surface area (Å²) in [5.41, 5.74) is 0.988. The van der Waals surface area contributed by atoms with E-state index in [1.54, 1.807) is 36.5 Å². The number of ketones is 1. The molecule has 20 heavy (non-hydrogen) atoms. The van der Waals surface area contributed by atoms with Crippen LogP contribution < -0.4 is 10.1 Å². The molecule has 5 nitrogen and oxygen atoms in total. The highest BCUT2D eigenvalue weighted by Crippen LogP contribution is 2.13. The molecule has 0 aliphatic carbocycles. The summed E-state index contributed by atoms with van der Waals surface area (Å²) in [6.45, 7) is 0.218. The number of benzene rings is 1. The van der Waals surface area contributed by atoms with Crippen molar-refractivity contribution in [1.82, 2.24) is 10.3 Å². The van der Waals surface area contributed by atoms with Crippen molar-refractivity contribution in [2.24, 2.45) is 0 Å². The second-order valence-electron chi connectivity index (χ2n) is 4.06. The largest absolute Gasteiger partial charge is 0.497 e. The van der Waals surface area contributed by atoms with Gasteiger partial charge < -0.3 is 10.1 Å². The lowest BCUT2D eigenvalue weighted by Crippen LogP contribution is -2.30. The molecule has 0 aliphatic rings. The third kappa shape index (κ3) is 3.41. The van der Waals surface area contributed by atoms with Gasteiger partial charge in [-0.2, -0.15) is 0 Å². The summed E-state index contributed by atoms with van der Waals surface area (Å²) in [7, 11) is 1.50. The van der Waals surface area contributed by atoms with Gasteiger partial charge in [0.15, 0.2) is 0 Å². The molecule has 0 saturated carbocycles. The highest BCUT2D eigenvalue weighted by molar-refractivity contribution is 6.42. The van der Waals surface area contributed by atoms with Gasteiger partial charge in [0, 0.05) is 11.8 Å². The highest BCUT2D eigenvalue weighted by atomic mass is 16.5. The minimum absolute atomic E-state index is 0.218. The van der Waals surface area contributed by atoms with E-state index in [1.165, 1.54) is 13.2 Å². The van der Waals surface area contributed by atoms with Gasteiger partial charge in [-0.25, -0.2) is 0 Å². The number of aromatic nitrogens is 1. The molecular weight excluding hydrogens is 256 g/mol. The number of ether oxygens (including phenoxy) is 1. The van der Waals surface area contributed by atoms with Crippen LogP contribution in [0.15, 0.2) is 48.7 Å². The first-order chi connectivity index (χ1) is 9.70. The number of carbonyl (C=O) groups is 2. The smallest absolute Gasteiger partial charge is 0.292 e. The molecule has 1 N–H and O–H groups in total. The maximum Gasteiger partial charge on any atom is 0.292 e. The Kier molecular flexibility index (Phi) is 4.44. The first-order valence-electron chi connectivity index (χ1n) is 6.07. The van der Waals surface area contributed by atoms with Gasteiger partial charge in [0.25, 0.3) is 5.91 Å². The molecule has 0 spiro atoms. The van der Waals surface area contributed by atoms with Crippen molar-refractivity contribution >= 4 is 11.7 Å². The van der Waals surface area contributed by atoms with E-state index in [4.69, 9.17) is 4.74 Å². The van der Waals surface area contributed by atoms with Crippen molar-refractivity contribution < 1.29 is 14.3 Å². The summed E-state index contributed by atoms with van der Waals surface area (Å²) in [6.07, 6.45) is 1.63. The molecule has 1 aromatic heterocycles. The average molecular weight is 270 g/mol. The molecule has 0 saturated heterocycles. The zero-order valence-electron chi connectivity index (χ0n) is 11.0. The summed E-state index contributed by atoms with van der Waals surface area (Å²) in [5, 5.41) is 2.54. The molecule has 5 heteroatoms. The van der Waals surface area contributed by atoms with Crippen molar-refractivity contribution in [2.45, 2.75) is 6.54 Å². The average Bonchev–Trinajstić information content (AvgIpc) is 2.53. The van der Waals surface area contributed by atoms with E-state index < -0.39 is 11.7 Å². The predicted molar refractivity (Wildman–Crippen MR) is 73.4 cm³/mol. The standard InChI is InChI=1S/C15H14N2O3/c1-20-13-7-4-5-11(9-13)14(18)15(19)17-10-12-6-2-3-8-16-12/h2-9H,10H2,1H3,(H,17,19). The summed E-state index contributed by atoms with van der Waals surface area (Å²) < 4.78 is 5.02. The first kappa shape index (κ1) is 13.7. The molecule has 0 unspecified atom stereocenters. The molecule has 0 bridgehead atoms. The highest BCUT2D eigenvalue weighted by Gasteiger charge is 2.16. The van der Waals surface area contributed by atoms with Gasteiger partial charge in [0.1, 0.15) is 5.75 Å². The van der Waals surface area contributed by atoms with E-state index in [-0.39, 0.29) is 6.54 Å². The second-order valence-corrected chi connectivity index (χ2v) is 4.06. The van der Waals surface area contributed by atoms with Crippen LogP contribution in [0.4, 0.5) is 0 Å². The topological polar surface area (TPSA) is 68.3 Å². The third-order valence-corrected chi connectivity index (χ3v) is 2.69. The lowest BCUT2D eigenvalue weighted by atomic mass is 10.1. The minimum atomic E-state index is -0.663. The molecule has 1 amide bonds. The number of methoxy groups -OCH3 is 1. The van der Waals surface area contributed by atoms with Crippen molar-refractivity contribution in [3.63, 3.8) is 0 Å². The fourth-order valence-corrected chi connectivity index (χ4v) is 1.65. The van der Waals surface area contributed by atoms with Crippen molar-refractivity contribution in [1.29, 1.82) is 0 Å². The molecule has 1 heterocycles. The second kappa shape index (κ2) is 6.47. The van der Waals surface area contributed by atoms with E-state index in [1.807, 2.05) is 6.07 Å². The Labute approximate surface area is 116 Å². The number of amides is 1. The van der Waals surface area contributed by atoms with Crippen molar-refractivity contribution in [3.05, 3.63) is 59.9 Å². The Morgan fingerprint density at radius 2 is 2.05 bits per heavy atom. The summed E-state index contributed by atoms with van der Waals surface area (Å²) in [6, 6.07) is 11.9. The SMILES string of the molecule is COc1cccc(C(=O)C(=O)NCc2ccccn2)c1. The van der Waals surface area contributed by atoms with E-state index in [0.717, 1.165) is 0 Å². The molecule has 102 valence electrons. The molecule has 1 aromatic carbocycles. The van der Waals surface area contributed by atoms with Crippen LogP contribution in [0.5, 0.6) is 5.75 Å². The molecule has 2 aromatic rings. The number of pyridine rings is 1. The molecule has 0 radical (unpaired) electrons. The minimum Gasteiger partial charge on any atom is -0.497 e. The van der Waals surface area contributed by atoms with Gasteiger partial charge in [0.2, 0.25) is 5.78 Å². The van der Waals surface area contributed by atoms with Gasteiger partial charge in [0.05, 0.1) is 19.3 Å². The van der Waals surface area contributed by atoms with E-state index in [2.05, 4.69) is 10.3 Å². The van der Waals surface area contributed by atoms with Crippen LogP contribution in [-0.4, -0.2) is 23.8 Å². The van der Waals surface area contributed by atoms with Gasteiger partial charge in [-0.1, -0.05) is 18.2 Å². The summed E-state index contributed by atoms with van der Waals surface area (Å²) in [5.74, 6) is -0.725. The number of hydrogen-bond acceptors (Lipinski definition) is 4. The Bertz CT molecular complexity index is 612. The van der Waals surface area contributed by atoms with E-state index in [9.17, 15) is 9.59 Å². The van der Waals surface area contributed by atoms with Gasteiger partial charge >= 0.3 is 0 Å². The molecule has 0 fully saturated rings. The summed E-state index contributed by atoms with van der Waals surface area (Å²) in [4.78, 5) is 27.8. The van der Waals surface area contributed by atoms with Crippen LogP contribution in [0.25, 0.3) is 0 Å². The molecular formula is C15H14N2O3. The van der Waals surface area contributed by atoms with Crippen LogP contribution in [-0.2, 0) is 11.3 Å².